The maximum absolute atomic E-state index is 12.7. The topological polar surface area (TPSA) is 32.3 Å². The van der Waals surface area contributed by atoms with Crippen molar-refractivity contribution in [3.8, 4) is 0 Å². The van der Waals surface area contributed by atoms with Crippen molar-refractivity contribution >= 4 is 11.6 Å². The monoisotopic (exact) mass is 332 g/mol. The van der Waals surface area contributed by atoms with Gasteiger partial charge in [0.05, 0.1) is 11.1 Å². The number of alkyl halides is 3. The van der Waals surface area contributed by atoms with E-state index >= 15 is 0 Å². The number of benzene rings is 2. The second kappa shape index (κ2) is 6.03. The first-order chi connectivity index (χ1) is 11.4. The van der Waals surface area contributed by atoms with E-state index in [1.165, 1.54) is 17.0 Å². The van der Waals surface area contributed by atoms with Gasteiger partial charge in [-0.3, -0.25) is 4.79 Å². The second-order valence-corrected chi connectivity index (χ2v) is 5.46. The molecule has 1 heterocycles. The number of amides is 1. The molecule has 1 aliphatic heterocycles. The van der Waals surface area contributed by atoms with Gasteiger partial charge in [0.15, 0.2) is 0 Å². The highest BCUT2D eigenvalue weighted by molar-refractivity contribution is 6.01. The first-order valence-corrected chi connectivity index (χ1v) is 7.36. The summed E-state index contributed by atoms with van der Waals surface area (Å²) in [6.45, 7) is 3.93. The van der Waals surface area contributed by atoms with E-state index in [1.54, 1.807) is 30.3 Å². The minimum atomic E-state index is -4.39. The van der Waals surface area contributed by atoms with Crippen molar-refractivity contribution in [2.24, 2.45) is 0 Å². The van der Waals surface area contributed by atoms with Crippen LogP contribution in [0.5, 0.6) is 0 Å². The van der Waals surface area contributed by atoms with Crippen LogP contribution in [-0.4, -0.2) is 17.4 Å². The van der Waals surface area contributed by atoms with Gasteiger partial charge in [-0.15, -0.1) is 6.58 Å². The van der Waals surface area contributed by atoms with Crippen LogP contribution in [0.25, 0.3) is 0 Å². The molecular formula is C18H15F3N2O. The molecule has 1 N–H and O–H groups in total. The minimum Gasteiger partial charge on any atom is -0.361 e. The van der Waals surface area contributed by atoms with Gasteiger partial charge in [-0.25, -0.2) is 0 Å². The minimum absolute atomic E-state index is 0.186. The van der Waals surface area contributed by atoms with Gasteiger partial charge < -0.3 is 10.2 Å². The summed E-state index contributed by atoms with van der Waals surface area (Å²) in [5.74, 6) is -0.186. The van der Waals surface area contributed by atoms with Crippen molar-refractivity contribution in [3.05, 3.63) is 77.9 Å². The lowest BCUT2D eigenvalue weighted by atomic mass is 10.0. The maximum atomic E-state index is 12.7. The predicted octanol–water partition coefficient (Wildman–Crippen LogP) is 4.46. The SMILES string of the molecule is C=CCN1C(=O)c2ccccc2N[C@H]1c1ccc(C(F)(F)F)cc1. The summed E-state index contributed by atoms with van der Waals surface area (Å²) in [5, 5.41) is 3.21. The smallest absolute Gasteiger partial charge is 0.361 e. The molecule has 0 unspecified atom stereocenters. The van der Waals surface area contributed by atoms with Gasteiger partial charge in [0, 0.05) is 12.2 Å². The fourth-order valence-corrected chi connectivity index (χ4v) is 2.74. The van der Waals surface area contributed by atoms with Crippen LogP contribution in [0, 0.1) is 0 Å². The molecule has 3 rings (SSSR count). The van der Waals surface area contributed by atoms with Crippen molar-refractivity contribution in [2.45, 2.75) is 12.3 Å². The molecule has 0 spiro atoms. The van der Waals surface area contributed by atoms with Gasteiger partial charge >= 0.3 is 6.18 Å². The van der Waals surface area contributed by atoms with Crippen LogP contribution >= 0.6 is 0 Å². The zero-order valence-electron chi connectivity index (χ0n) is 12.7. The number of nitrogens with one attached hydrogen (secondary N) is 1. The number of hydrogen-bond acceptors (Lipinski definition) is 2. The van der Waals surface area contributed by atoms with Crippen molar-refractivity contribution in [3.63, 3.8) is 0 Å². The van der Waals surface area contributed by atoms with Crippen molar-refractivity contribution < 1.29 is 18.0 Å². The lowest BCUT2D eigenvalue weighted by Gasteiger charge is -2.37. The van der Waals surface area contributed by atoms with Gasteiger partial charge in [0.25, 0.3) is 5.91 Å². The summed E-state index contributed by atoms with van der Waals surface area (Å²) < 4.78 is 38.2. The average molecular weight is 332 g/mol. The molecule has 0 saturated carbocycles. The first kappa shape index (κ1) is 16.1. The highest BCUT2D eigenvalue weighted by Crippen LogP contribution is 2.35. The van der Waals surface area contributed by atoms with E-state index < -0.39 is 17.9 Å². The van der Waals surface area contributed by atoms with E-state index in [2.05, 4.69) is 11.9 Å². The molecule has 24 heavy (non-hydrogen) atoms. The molecule has 0 fully saturated rings. The Morgan fingerprint density at radius 1 is 1.12 bits per heavy atom. The van der Waals surface area contributed by atoms with Crippen molar-refractivity contribution in [2.75, 3.05) is 11.9 Å². The van der Waals surface area contributed by atoms with Crippen LogP contribution in [0.15, 0.2) is 61.2 Å². The quantitative estimate of drug-likeness (QED) is 0.842. The Morgan fingerprint density at radius 3 is 2.42 bits per heavy atom. The van der Waals surface area contributed by atoms with Gasteiger partial charge in [0.1, 0.15) is 6.17 Å². The Morgan fingerprint density at radius 2 is 1.79 bits per heavy atom. The van der Waals surface area contributed by atoms with Crippen LogP contribution in [-0.2, 0) is 6.18 Å². The zero-order chi connectivity index (χ0) is 17.3. The molecule has 1 aliphatic rings. The molecular weight excluding hydrogens is 317 g/mol. The molecule has 3 nitrogen and oxygen atoms in total. The molecule has 0 bridgehead atoms. The van der Waals surface area contributed by atoms with E-state index in [9.17, 15) is 18.0 Å². The number of rotatable bonds is 3. The Labute approximate surface area is 137 Å². The molecule has 2 aromatic rings. The summed E-state index contributed by atoms with van der Waals surface area (Å²) in [4.78, 5) is 14.2. The van der Waals surface area contributed by atoms with E-state index in [1.807, 2.05) is 0 Å². The largest absolute Gasteiger partial charge is 0.416 e. The van der Waals surface area contributed by atoms with Gasteiger partial charge in [-0.05, 0) is 29.8 Å². The normalized spacial score (nSPS) is 17.2. The highest BCUT2D eigenvalue weighted by Gasteiger charge is 2.33. The summed E-state index contributed by atoms with van der Waals surface area (Å²) in [6.07, 6.45) is -3.35. The molecule has 2 aromatic carbocycles. The van der Waals surface area contributed by atoms with Crippen LogP contribution in [0.1, 0.15) is 27.7 Å². The summed E-state index contributed by atoms with van der Waals surface area (Å²) in [6, 6.07) is 11.9. The third-order valence-electron chi connectivity index (χ3n) is 3.90. The number of carbonyl (C=O) groups is 1. The zero-order valence-corrected chi connectivity index (χ0v) is 12.7. The number of halogens is 3. The number of carbonyl (C=O) groups excluding carboxylic acids is 1. The second-order valence-electron chi connectivity index (χ2n) is 5.46. The fourth-order valence-electron chi connectivity index (χ4n) is 2.74. The number of nitrogens with zero attached hydrogens (tertiary/aromatic N) is 1. The Balaban J connectivity index is 1.99. The number of fused-ring (bicyclic) bond motifs is 1. The third kappa shape index (κ3) is 2.87. The van der Waals surface area contributed by atoms with E-state index in [0.717, 1.165) is 12.1 Å². The first-order valence-electron chi connectivity index (χ1n) is 7.36. The fraction of sp³-hybridized carbons (Fsp3) is 0.167. The Kier molecular flexibility index (Phi) is 4.05. The van der Waals surface area contributed by atoms with E-state index in [4.69, 9.17) is 0 Å². The van der Waals surface area contributed by atoms with Crippen LogP contribution in [0.2, 0.25) is 0 Å². The number of anilines is 1. The molecule has 124 valence electrons. The maximum Gasteiger partial charge on any atom is 0.416 e. The number of hydrogen-bond donors (Lipinski definition) is 1. The standard InChI is InChI=1S/C18H15F3N2O/c1-2-11-23-16(12-7-9-13(10-8-12)18(19,20)21)22-15-6-4-3-5-14(15)17(23)24/h2-10,16,22H,1,11H2/t16-/m1/s1. The highest BCUT2D eigenvalue weighted by atomic mass is 19.4. The number of para-hydroxylation sites is 1. The summed E-state index contributed by atoms with van der Waals surface area (Å²) in [7, 11) is 0. The molecule has 1 atom stereocenters. The third-order valence-corrected chi connectivity index (χ3v) is 3.90. The average Bonchev–Trinajstić information content (AvgIpc) is 2.57. The van der Waals surface area contributed by atoms with Gasteiger partial charge in [-0.1, -0.05) is 30.3 Å². The molecule has 0 aliphatic carbocycles. The Hall–Kier alpha value is -2.76. The van der Waals surface area contributed by atoms with Gasteiger partial charge in [0.2, 0.25) is 0 Å². The van der Waals surface area contributed by atoms with Crippen LogP contribution in [0.3, 0.4) is 0 Å². The lowest BCUT2D eigenvalue weighted by molar-refractivity contribution is -0.137. The molecule has 0 aromatic heterocycles. The molecule has 6 heteroatoms. The van der Waals surface area contributed by atoms with Crippen LogP contribution < -0.4 is 5.32 Å². The van der Waals surface area contributed by atoms with E-state index in [-0.39, 0.29) is 12.5 Å². The van der Waals surface area contributed by atoms with Gasteiger partial charge in [-0.2, -0.15) is 13.2 Å². The molecule has 1 amide bonds. The molecule has 0 saturated heterocycles. The predicted molar refractivity (Wildman–Crippen MR) is 85.5 cm³/mol. The Bertz CT molecular complexity index is 769. The van der Waals surface area contributed by atoms with Crippen LogP contribution in [0.4, 0.5) is 18.9 Å². The lowest BCUT2D eigenvalue weighted by Crippen LogP contribution is -2.43. The summed E-state index contributed by atoms with van der Waals surface area (Å²) in [5.41, 5.74) is 1.05. The van der Waals surface area contributed by atoms with Crippen molar-refractivity contribution in [1.82, 2.24) is 4.90 Å². The van der Waals surface area contributed by atoms with Crippen molar-refractivity contribution in [1.29, 1.82) is 0 Å². The summed E-state index contributed by atoms with van der Waals surface area (Å²) >= 11 is 0. The van der Waals surface area contributed by atoms with E-state index in [0.29, 0.717) is 16.8 Å². The molecule has 0 radical (unpaired) electrons.